The first kappa shape index (κ1) is 39.4. The highest BCUT2D eigenvalue weighted by atomic mass is 16.4. The number of carbonyl (C=O) groups excluding carboxylic acids is 5. The molecule has 1 radical (unpaired) electrons. The Labute approximate surface area is 292 Å². The number of fused-ring (bicyclic) bond motifs is 1. The summed E-state index contributed by atoms with van der Waals surface area (Å²) in [5, 5.41) is 20.9. The van der Waals surface area contributed by atoms with Gasteiger partial charge in [-0.05, 0) is 48.3 Å². The summed E-state index contributed by atoms with van der Waals surface area (Å²) < 4.78 is 0. The second-order valence-electron chi connectivity index (χ2n) is 13.1. The van der Waals surface area contributed by atoms with E-state index in [1.54, 1.807) is 13.1 Å². The quantitative estimate of drug-likeness (QED) is 0.0933. The van der Waals surface area contributed by atoms with Crippen LogP contribution in [0, 0.1) is 11.8 Å². The molecule has 1 heterocycles. The van der Waals surface area contributed by atoms with E-state index in [0.29, 0.717) is 18.4 Å². The van der Waals surface area contributed by atoms with Gasteiger partial charge in [0, 0.05) is 29.9 Å². The topological polar surface area (TPSA) is 213 Å². The van der Waals surface area contributed by atoms with Gasteiger partial charge in [-0.2, -0.15) is 0 Å². The Morgan fingerprint density at radius 3 is 2.10 bits per heavy atom. The van der Waals surface area contributed by atoms with Crippen LogP contribution in [0.2, 0.25) is 0 Å². The van der Waals surface area contributed by atoms with E-state index in [1.165, 1.54) is 0 Å². The zero-order valence-corrected chi connectivity index (χ0v) is 29.0. The summed E-state index contributed by atoms with van der Waals surface area (Å²) in [6.45, 7) is 7.39. The summed E-state index contributed by atoms with van der Waals surface area (Å²) in [6, 6.07) is 11.1. The number of nitrogens with one attached hydrogen (secondary N) is 5. The van der Waals surface area contributed by atoms with Crippen LogP contribution >= 0.6 is 0 Å². The molecule has 0 aliphatic carbocycles. The smallest absolute Gasteiger partial charge is 0.303 e. The van der Waals surface area contributed by atoms with Gasteiger partial charge < -0.3 is 37.1 Å². The minimum absolute atomic E-state index is 0.0271. The molecule has 0 saturated heterocycles. The van der Waals surface area contributed by atoms with Gasteiger partial charge in [0.25, 0.3) is 0 Å². The van der Waals surface area contributed by atoms with Crippen molar-refractivity contribution in [1.82, 2.24) is 26.3 Å². The van der Waals surface area contributed by atoms with E-state index in [2.05, 4.69) is 26.3 Å². The number of nitrogens with two attached hydrogens (primary N) is 1. The Morgan fingerprint density at radius 1 is 0.820 bits per heavy atom. The predicted octanol–water partition coefficient (Wildman–Crippen LogP) is 2.29. The molecule has 269 valence electrons. The third-order valence-corrected chi connectivity index (χ3v) is 8.61. The van der Waals surface area contributed by atoms with Crippen molar-refractivity contribution in [3.8, 4) is 0 Å². The maximum absolute atomic E-state index is 13.8. The lowest BCUT2D eigenvalue weighted by atomic mass is 9.96. The van der Waals surface area contributed by atoms with Crippen molar-refractivity contribution >= 4 is 46.8 Å². The van der Waals surface area contributed by atoms with Crippen LogP contribution in [-0.2, 0) is 41.6 Å². The highest BCUT2D eigenvalue weighted by Crippen LogP contribution is 2.20. The summed E-state index contributed by atoms with van der Waals surface area (Å²) in [5.41, 5.74) is 8.56. The number of hydrogen-bond acceptors (Lipinski definition) is 7. The first-order valence-electron chi connectivity index (χ1n) is 17.0. The van der Waals surface area contributed by atoms with Crippen molar-refractivity contribution < 1.29 is 33.9 Å². The van der Waals surface area contributed by atoms with Crippen molar-refractivity contribution in [2.45, 2.75) is 96.4 Å². The molecule has 6 atom stereocenters. The van der Waals surface area contributed by atoms with Crippen LogP contribution < -0.4 is 27.0 Å². The molecule has 3 rings (SSSR count). The molecule has 3 aromatic rings. The Bertz CT molecular complexity index is 1610. The number of rotatable bonds is 20. The van der Waals surface area contributed by atoms with E-state index >= 15 is 0 Å². The molecule has 0 aliphatic heterocycles. The van der Waals surface area contributed by atoms with Gasteiger partial charge in [-0.25, -0.2) is 0 Å². The maximum Gasteiger partial charge on any atom is 0.303 e. The molecular weight excluding hydrogens is 640 g/mol. The highest BCUT2D eigenvalue weighted by Gasteiger charge is 2.33. The molecule has 0 saturated carbocycles. The van der Waals surface area contributed by atoms with Crippen LogP contribution in [0.25, 0.3) is 10.9 Å². The molecule has 13 nitrogen and oxygen atoms in total. The molecule has 13 heteroatoms. The summed E-state index contributed by atoms with van der Waals surface area (Å²) in [6.07, 6.45) is 3.91. The molecule has 50 heavy (non-hydrogen) atoms. The fraction of sp³-hybridized carbons (Fsp3) is 0.459. The minimum Gasteiger partial charge on any atom is -0.481 e. The van der Waals surface area contributed by atoms with Crippen molar-refractivity contribution in [2.24, 2.45) is 17.6 Å². The lowest BCUT2D eigenvalue weighted by Gasteiger charge is -2.28. The molecule has 4 amide bonds. The number of para-hydroxylation sites is 1. The predicted molar refractivity (Wildman–Crippen MR) is 189 cm³/mol. The largest absolute Gasteiger partial charge is 0.481 e. The third-order valence-electron chi connectivity index (χ3n) is 8.61. The lowest BCUT2D eigenvalue weighted by molar-refractivity contribution is -0.138. The van der Waals surface area contributed by atoms with Crippen LogP contribution in [0.5, 0.6) is 0 Å². The molecule has 0 aliphatic rings. The number of aromatic amines is 1. The first-order chi connectivity index (χ1) is 23.8. The monoisotopic (exact) mass is 689 g/mol. The summed E-state index contributed by atoms with van der Waals surface area (Å²) in [5.74, 6) is -4.19. The van der Waals surface area contributed by atoms with Crippen molar-refractivity contribution in [1.29, 1.82) is 0 Å². The zero-order chi connectivity index (χ0) is 36.8. The van der Waals surface area contributed by atoms with Crippen LogP contribution in [0.15, 0.2) is 60.8 Å². The van der Waals surface area contributed by atoms with Gasteiger partial charge in [0.05, 0.1) is 12.1 Å². The van der Waals surface area contributed by atoms with Gasteiger partial charge in [0.1, 0.15) is 18.1 Å². The SMILES string of the molecule is CC[C@H](C)[C@H](NC(=O)[C@@H](N)Cc1ccccc1)C(=O)N[C@@H](CCC(=O)O)C(=O)N[C@@H](Cc1c[nH]c2ccccc12)C(=O)N[C@H]([C]=O)CC(C)C. The van der Waals surface area contributed by atoms with E-state index in [1.807, 2.05) is 81.7 Å². The van der Waals surface area contributed by atoms with Crippen LogP contribution in [-0.4, -0.2) is 76.2 Å². The van der Waals surface area contributed by atoms with E-state index < -0.39 is 66.2 Å². The number of benzene rings is 2. The number of amides is 4. The molecule has 0 unspecified atom stereocenters. The number of H-pyrrole nitrogens is 1. The maximum atomic E-state index is 13.8. The normalized spacial score (nSPS) is 14.8. The number of hydrogen-bond donors (Lipinski definition) is 7. The Kier molecular flexibility index (Phi) is 15.1. The molecule has 2 aromatic carbocycles. The summed E-state index contributed by atoms with van der Waals surface area (Å²) >= 11 is 0. The Balaban J connectivity index is 1.84. The molecule has 1 aromatic heterocycles. The average molecular weight is 690 g/mol. The van der Waals surface area contributed by atoms with Gasteiger partial charge in [0.15, 0.2) is 0 Å². The van der Waals surface area contributed by atoms with Gasteiger partial charge in [0.2, 0.25) is 29.9 Å². The van der Waals surface area contributed by atoms with E-state index in [-0.39, 0.29) is 31.1 Å². The Hall–Kier alpha value is -5.04. The number of aromatic nitrogens is 1. The highest BCUT2D eigenvalue weighted by molar-refractivity contribution is 5.96. The van der Waals surface area contributed by atoms with Gasteiger partial charge >= 0.3 is 5.97 Å². The number of carboxylic acid groups (broad SMARTS) is 1. The van der Waals surface area contributed by atoms with E-state index in [9.17, 15) is 33.9 Å². The van der Waals surface area contributed by atoms with E-state index in [0.717, 1.165) is 16.5 Å². The second-order valence-corrected chi connectivity index (χ2v) is 13.1. The fourth-order valence-corrected chi connectivity index (χ4v) is 5.60. The summed E-state index contributed by atoms with van der Waals surface area (Å²) in [4.78, 5) is 80.6. The number of carboxylic acids is 1. The first-order valence-corrected chi connectivity index (χ1v) is 17.0. The third kappa shape index (κ3) is 11.8. The van der Waals surface area contributed by atoms with Crippen LogP contribution in [0.3, 0.4) is 0 Å². The van der Waals surface area contributed by atoms with Crippen molar-refractivity contribution in [2.75, 3.05) is 0 Å². The number of carbonyl (C=O) groups is 5. The van der Waals surface area contributed by atoms with Crippen molar-refractivity contribution in [3.63, 3.8) is 0 Å². The number of aliphatic carboxylic acids is 1. The fourth-order valence-electron chi connectivity index (χ4n) is 5.60. The molecule has 8 N–H and O–H groups in total. The molecule has 0 bridgehead atoms. The standard InChI is InChI=1S/C37H49N6O7/c1-5-23(4)33(43-34(47)28(38)18-24-11-7-6-8-12-24)37(50)41-30(15-16-32(45)46)35(48)42-31(36(49)40-26(21-44)17-22(2)3)19-25-20-39-29-14-10-9-13-27(25)29/h6-14,20,22-23,26,28,30-31,33,39H,5,15-19,38H2,1-4H3,(H,40,49)(H,41,50)(H,42,48)(H,43,47)(H,45,46)/t23-,26-,28-,30-,31-,33-/m0/s1. The van der Waals surface area contributed by atoms with Crippen LogP contribution in [0.1, 0.15) is 64.5 Å². The Morgan fingerprint density at radius 2 is 1.46 bits per heavy atom. The molecule has 0 fully saturated rings. The zero-order valence-electron chi connectivity index (χ0n) is 29.0. The van der Waals surface area contributed by atoms with E-state index in [4.69, 9.17) is 5.73 Å². The second kappa shape index (κ2) is 19.2. The van der Waals surface area contributed by atoms with Gasteiger partial charge in [-0.1, -0.05) is 82.6 Å². The summed E-state index contributed by atoms with van der Waals surface area (Å²) in [7, 11) is 0. The van der Waals surface area contributed by atoms with Gasteiger partial charge in [-0.15, -0.1) is 0 Å². The van der Waals surface area contributed by atoms with Gasteiger partial charge in [-0.3, -0.25) is 28.8 Å². The lowest BCUT2D eigenvalue weighted by Crippen LogP contribution is -2.59. The minimum atomic E-state index is -1.37. The van der Waals surface area contributed by atoms with Crippen LogP contribution in [0.4, 0.5) is 0 Å². The molecule has 0 spiro atoms. The average Bonchev–Trinajstić information content (AvgIpc) is 3.50. The molecular formula is C37H49N6O7. The van der Waals surface area contributed by atoms with Crippen molar-refractivity contribution in [3.05, 3.63) is 71.9 Å².